The molecule has 0 fully saturated rings. The Hall–Kier alpha value is -2.08. The van der Waals surface area contributed by atoms with E-state index >= 15 is 0 Å². The van der Waals surface area contributed by atoms with E-state index in [0.717, 1.165) is 10.2 Å². The Morgan fingerprint density at radius 1 is 1.29 bits per heavy atom. The van der Waals surface area contributed by atoms with Crippen LogP contribution in [0.5, 0.6) is 0 Å². The molecule has 2 heterocycles. The number of aryl methyl sites for hydroxylation is 1. The molecule has 0 unspecified atom stereocenters. The number of fused-ring (bicyclic) bond motifs is 1. The summed E-state index contributed by atoms with van der Waals surface area (Å²) in [5.74, 6) is 0. The average Bonchev–Trinajstić information content (AvgIpc) is 2.79. The maximum absolute atomic E-state index is 12.1. The Labute approximate surface area is 130 Å². The summed E-state index contributed by atoms with van der Waals surface area (Å²) >= 11 is 3.53. The van der Waals surface area contributed by atoms with Gasteiger partial charge in [-0.05, 0) is 52.7 Å². The first-order valence-corrected chi connectivity index (χ1v) is 7.49. The van der Waals surface area contributed by atoms with Gasteiger partial charge in [0.2, 0.25) is 0 Å². The number of anilines is 1. The van der Waals surface area contributed by atoms with Crippen LogP contribution in [0, 0.1) is 6.92 Å². The van der Waals surface area contributed by atoms with Gasteiger partial charge in [-0.2, -0.15) is 0 Å². The number of rotatable bonds is 4. The van der Waals surface area contributed by atoms with Crippen LogP contribution >= 0.6 is 15.9 Å². The highest BCUT2D eigenvalue weighted by molar-refractivity contribution is 9.10. The Morgan fingerprint density at radius 2 is 2.14 bits per heavy atom. The van der Waals surface area contributed by atoms with E-state index in [9.17, 15) is 4.79 Å². The second-order valence-corrected chi connectivity index (χ2v) is 5.70. The summed E-state index contributed by atoms with van der Waals surface area (Å²) in [6.07, 6.45) is 1.73. The normalized spacial score (nSPS) is 11.0. The van der Waals surface area contributed by atoms with Crippen molar-refractivity contribution in [1.29, 1.82) is 0 Å². The SMILES string of the molecule is Cc1ccc(NCCn2nc3ccccn3c2=O)c(Br)c1. The second-order valence-electron chi connectivity index (χ2n) is 4.84. The quantitative estimate of drug-likeness (QED) is 0.790. The molecule has 1 N–H and O–H groups in total. The minimum atomic E-state index is -0.115. The van der Waals surface area contributed by atoms with Crippen molar-refractivity contribution < 1.29 is 0 Å². The van der Waals surface area contributed by atoms with Crippen LogP contribution in [0.2, 0.25) is 0 Å². The minimum Gasteiger partial charge on any atom is -0.382 e. The summed E-state index contributed by atoms with van der Waals surface area (Å²) in [7, 11) is 0. The summed E-state index contributed by atoms with van der Waals surface area (Å²) in [5.41, 5.74) is 2.76. The lowest BCUT2D eigenvalue weighted by Crippen LogP contribution is -2.24. The van der Waals surface area contributed by atoms with E-state index in [0.29, 0.717) is 18.7 Å². The molecule has 0 amide bonds. The van der Waals surface area contributed by atoms with Gasteiger partial charge < -0.3 is 5.32 Å². The maximum Gasteiger partial charge on any atom is 0.350 e. The van der Waals surface area contributed by atoms with Crippen molar-refractivity contribution in [2.75, 3.05) is 11.9 Å². The topological polar surface area (TPSA) is 51.3 Å². The average molecular weight is 347 g/mol. The molecule has 3 aromatic rings. The number of benzene rings is 1. The fraction of sp³-hybridized carbons (Fsp3) is 0.200. The van der Waals surface area contributed by atoms with Crippen molar-refractivity contribution in [3.8, 4) is 0 Å². The largest absolute Gasteiger partial charge is 0.382 e. The molecular weight excluding hydrogens is 332 g/mol. The highest BCUT2D eigenvalue weighted by Gasteiger charge is 2.05. The van der Waals surface area contributed by atoms with Gasteiger partial charge in [0.05, 0.1) is 6.54 Å². The van der Waals surface area contributed by atoms with Crippen LogP contribution in [0.3, 0.4) is 0 Å². The number of nitrogens with one attached hydrogen (secondary N) is 1. The lowest BCUT2D eigenvalue weighted by Gasteiger charge is -2.08. The summed E-state index contributed by atoms with van der Waals surface area (Å²) < 4.78 is 4.04. The van der Waals surface area contributed by atoms with Crippen LogP contribution in [-0.4, -0.2) is 20.7 Å². The van der Waals surface area contributed by atoms with Gasteiger partial charge in [-0.1, -0.05) is 12.1 Å². The fourth-order valence-corrected chi connectivity index (χ4v) is 2.81. The molecule has 108 valence electrons. The Bertz CT molecular complexity index is 837. The Balaban J connectivity index is 1.72. The van der Waals surface area contributed by atoms with Crippen molar-refractivity contribution in [2.45, 2.75) is 13.5 Å². The van der Waals surface area contributed by atoms with E-state index in [4.69, 9.17) is 0 Å². The summed E-state index contributed by atoms with van der Waals surface area (Å²) in [4.78, 5) is 12.1. The molecule has 0 bridgehead atoms. The van der Waals surface area contributed by atoms with E-state index in [1.165, 1.54) is 10.2 Å². The standard InChI is InChI=1S/C15H15BrN4O/c1-11-5-6-13(12(16)10-11)17-7-9-20-15(21)19-8-3-2-4-14(19)18-20/h2-6,8,10,17H,7,9H2,1H3. The highest BCUT2D eigenvalue weighted by Crippen LogP contribution is 2.22. The number of aromatic nitrogens is 3. The van der Waals surface area contributed by atoms with Gasteiger partial charge in [0.25, 0.3) is 0 Å². The Morgan fingerprint density at radius 3 is 2.90 bits per heavy atom. The van der Waals surface area contributed by atoms with Crippen molar-refractivity contribution in [3.63, 3.8) is 0 Å². The first-order chi connectivity index (χ1) is 10.1. The molecular formula is C15H15BrN4O. The minimum absolute atomic E-state index is 0.115. The molecule has 0 spiro atoms. The molecule has 0 saturated carbocycles. The van der Waals surface area contributed by atoms with E-state index in [2.05, 4.69) is 32.4 Å². The molecule has 0 aliphatic heterocycles. The zero-order valence-corrected chi connectivity index (χ0v) is 13.2. The highest BCUT2D eigenvalue weighted by atomic mass is 79.9. The number of halogens is 1. The zero-order valence-electron chi connectivity index (χ0n) is 11.6. The van der Waals surface area contributed by atoms with Crippen molar-refractivity contribution in [3.05, 3.63) is 63.1 Å². The first-order valence-electron chi connectivity index (χ1n) is 6.69. The molecule has 0 aliphatic carbocycles. The van der Waals surface area contributed by atoms with Crippen LogP contribution in [0.15, 0.2) is 51.9 Å². The lowest BCUT2D eigenvalue weighted by atomic mass is 10.2. The lowest BCUT2D eigenvalue weighted by molar-refractivity contribution is 0.614. The number of pyridine rings is 1. The monoisotopic (exact) mass is 346 g/mol. The predicted molar refractivity (Wildman–Crippen MR) is 86.8 cm³/mol. The zero-order chi connectivity index (χ0) is 14.8. The van der Waals surface area contributed by atoms with Crippen LogP contribution in [0.1, 0.15) is 5.56 Å². The second kappa shape index (κ2) is 5.73. The molecule has 3 rings (SSSR count). The molecule has 21 heavy (non-hydrogen) atoms. The number of nitrogens with zero attached hydrogens (tertiary/aromatic N) is 3. The van der Waals surface area contributed by atoms with Crippen molar-refractivity contribution in [2.24, 2.45) is 0 Å². The van der Waals surface area contributed by atoms with Crippen LogP contribution in [-0.2, 0) is 6.54 Å². The number of hydrogen-bond donors (Lipinski definition) is 1. The molecule has 0 saturated heterocycles. The van der Waals surface area contributed by atoms with Crippen LogP contribution in [0.25, 0.3) is 5.65 Å². The van der Waals surface area contributed by atoms with E-state index in [-0.39, 0.29) is 5.69 Å². The third-order valence-corrected chi connectivity index (χ3v) is 3.91. The number of hydrogen-bond acceptors (Lipinski definition) is 3. The van der Waals surface area contributed by atoms with E-state index in [1.807, 2.05) is 37.3 Å². The Kier molecular flexibility index (Phi) is 3.79. The van der Waals surface area contributed by atoms with Gasteiger partial charge in [-0.3, -0.25) is 4.40 Å². The smallest absolute Gasteiger partial charge is 0.350 e. The fourth-order valence-electron chi connectivity index (χ4n) is 2.17. The molecule has 0 aliphatic rings. The molecule has 0 radical (unpaired) electrons. The van der Waals surface area contributed by atoms with Gasteiger partial charge in [0.1, 0.15) is 0 Å². The van der Waals surface area contributed by atoms with E-state index in [1.54, 1.807) is 10.6 Å². The van der Waals surface area contributed by atoms with Gasteiger partial charge in [0, 0.05) is 22.9 Å². The van der Waals surface area contributed by atoms with Gasteiger partial charge in [-0.15, -0.1) is 5.10 Å². The van der Waals surface area contributed by atoms with E-state index < -0.39 is 0 Å². The van der Waals surface area contributed by atoms with Crippen LogP contribution in [0.4, 0.5) is 5.69 Å². The van der Waals surface area contributed by atoms with Gasteiger partial charge in [-0.25, -0.2) is 9.48 Å². The van der Waals surface area contributed by atoms with Crippen LogP contribution < -0.4 is 11.0 Å². The molecule has 0 atom stereocenters. The van der Waals surface area contributed by atoms with Crippen molar-refractivity contribution >= 4 is 27.3 Å². The maximum atomic E-state index is 12.1. The molecule has 6 heteroatoms. The van der Waals surface area contributed by atoms with Gasteiger partial charge >= 0.3 is 5.69 Å². The van der Waals surface area contributed by atoms with Crippen molar-refractivity contribution in [1.82, 2.24) is 14.2 Å². The van der Waals surface area contributed by atoms with Gasteiger partial charge in [0.15, 0.2) is 5.65 Å². The molecule has 5 nitrogen and oxygen atoms in total. The molecule has 1 aromatic carbocycles. The third-order valence-electron chi connectivity index (χ3n) is 3.25. The summed E-state index contributed by atoms with van der Waals surface area (Å²) in [6.45, 7) is 3.19. The predicted octanol–water partition coefficient (Wildman–Crippen LogP) is 2.68. The third kappa shape index (κ3) is 2.85. The summed E-state index contributed by atoms with van der Waals surface area (Å²) in [6, 6.07) is 11.6. The summed E-state index contributed by atoms with van der Waals surface area (Å²) in [5, 5.41) is 7.60. The first kappa shape index (κ1) is 13.9. The molecule has 2 aromatic heterocycles.